The molecule has 0 aliphatic carbocycles. The summed E-state index contributed by atoms with van der Waals surface area (Å²) in [6.07, 6.45) is 3.26. The highest BCUT2D eigenvalue weighted by molar-refractivity contribution is 5.23. The van der Waals surface area contributed by atoms with Gasteiger partial charge in [-0.2, -0.15) is 0 Å². The summed E-state index contributed by atoms with van der Waals surface area (Å²) in [5, 5.41) is 3.36. The zero-order chi connectivity index (χ0) is 12.5. The molecule has 1 atom stereocenters. The first-order valence-corrected chi connectivity index (χ1v) is 6.63. The maximum atomic E-state index is 5.40. The predicted octanol–water partition coefficient (Wildman–Crippen LogP) is 2.81. The number of hydrogen-bond acceptors (Lipinski definition) is 2. The van der Waals surface area contributed by atoms with Crippen molar-refractivity contribution in [2.45, 2.75) is 39.2 Å². The van der Waals surface area contributed by atoms with Gasteiger partial charge < -0.3 is 10.1 Å². The Balaban J connectivity index is 2.43. The normalized spacial score (nSPS) is 12.6. The molecule has 0 fully saturated rings. The van der Waals surface area contributed by atoms with Crippen molar-refractivity contribution < 1.29 is 4.74 Å². The van der Waals surface area contributed by atoms with Crippen molar-refractivity contribution in [3.05, 3.63) is 35.4 Å². The number of rotatable bonds is 8. The molecule has 1 unspecified atom stereocenters. The van der Waals surface area contributed by atoms with E-state index in [1.165, 1.54) is 11.1 Å². The number of likely N-dealkylation sites (N-methyl/N-ethyl adjacent to an activating group) is 1. The van der Waals surface area contributed by atoms with Gasteiger partial charge in [0, 0.05) is 19.3 Å². The van der Waals surface area contributed by atoms with Crippen molar-refractivity contribution in [2.24, 2.45) is 0 Å². The van der Waals surface area contributed by atoms with Crippen molar-refractivity contribution >= 4 is 0 Å². The van der Waals surface area contributed by atoms with E-state index in [-0.39, 0.29) is 0 Å². The Morgan fingerprint density at radius 1 is 1.12 bits per heavy atom. The molecule has 0 radical (unpaired) electrons. The lowest BCUT2D eigenvalue weighted by Crippen LogP contribution is -2.29. The van der Waals surface area contributed by atoms with E-state index >= 15 is 0 Å². The first-order valence-electron chi connectivity index (χ1n) is 6.63. The van der Waals surface area contributed by atoms with Crippen LogP contribution in [-0.2, 0) is 17.6 Å². The first kappa shape index (κ1) is 14.2. The van der Waals surface area contributed by atoms with Crippen molar-refractivity contribution in [1.82, 2.24) is 5.32 Å². The van der Waals surface area contributed by atoms with Gasteiger partial charge >= 0.3 is 0 Å². The van der Waals surface area contributed by atoms with Crippen molar-refractivity contribution in [2.75, 3.05) is 20.3 Å². The smallest absolute Gasteiger partial charge is 0.0480 e. The maximum Gasteiger partial charge on any atom is 0.0480 e. The highest BCUT2D eigenvalue weighted by atomic mass is 16.5. The van der Waals surface area contributed by atoms with Gasteiger partial charge in [0.15, 0.2) is 0 Å². The van der Waals surface area contributed by atoms with Gasteiger partial charge in [-0.05, 0) is 44.4 Å². The fraction of sp³-hybridized carbons (Fsp3) is 0.600. The molecule has 0 spiro atoms. The molecule has 1 aromatic rings. The summed E-state index contributed by atoms with van der Waals surface area (Å²) < 4.78 is 5.40. The summed E-state index contributed by atoms with van der Waals surface area (Å²) in [5.74, 6) is 0. The van der Waals surface area contributed by atoms with Crippen LogP contribution in [0, 0.1) is 0 Å². The highest BCUT2D eigenvalue weighted by Crippen LogP contribution is 2.09. The molecule has 0 aliphatic heterocycles. The van der Waals surface area contributed by atoms with Gasteiger partial charge in [0.2, 0.25) is 0 Å². The Morgan fingerprint density at radius 3 is 2.29 bits per heavy atom. The number of hydrogen-bond donors (Lipinski definition) is 1. The number of ether oxygens (including phenoxy) is 1. The summed E-state index contributed by atoms with van der Waals surface area (Å²) in [7, 11) is 2.02. The molecule has 2 heteroatoms. The zero-order valence-corrected chi connectivity index (χ0v) is 11.3. The minimum Gasteiger partial charge on any atom is -0.382 e. The summed E-state index contributed by atoms with van der Waals surface area (Å²) in [6.45, 7) is 5.88. The Kier molecular flexibility index (Phi) is 6.90. The van der Waals surface area contributed by atoms with E-state index in [4.69, 9.17) is 4.74 Å². The van der Waals surface area contributed by atoms with Crippen LogP contribution in [-0.4, -0.2) is 26.3 Å². The standard InChI is InChI=1S/C15H25NO/c1-4-13-6-8-14(9-7-13)12-15(16-3)10-11-17-5-2/h6-9,15-16H,4-5,10-12H2,1-3H3. The maximum absolute atomic E-state index is 5.40. The van der Waals surface area contributed by atoms with Crippen LogP contribution in [0.4, 0.5) is 0 Å². The molecule has 1 aromatic carbocycles. The lowest BCUT2D eigenvalue weighted by atomic mass is 10.0. The van der Waals surface area contributed by atoms with Gasteiger partial charge in [-0.1, -0.05) is 31.2 Å². The molecule has 0 saturated heterocycles. The Labute approximate surface area is 105 Å². The summed E-state index contributed by atoms with van der Waals surface area (Å²) in [4.78, 5) is 0. The van der Waals surface area contributed by atoms with Gasteiger partial charge in [-0.25, -0.2) is 0 Å². The van der Waals surface area contributed by atoms with Crippen LogP contribution in [0.15, 0.2) is 24.3 Å². The van der Waals surface area contributed by atoms with E-state index in [1.54, 1.807) is 0 Å². The van der Waals surface area contributed by atoms with Crippen LogP contribution in [0.2, 0.25) is 0 Å². The average molecular weight is 235 g/mol. The third-order valence-corrected chi connectivity index (χ3v) is 3.14. The Hall–Kier alpha value is -0.860. The highest BCUT2D eigenvalue weighted by Gasteiger charge is 2.06. The van der Waals surface area contributed by atoms with Crippen molar-refractivity contribution in [3.8, 4) is 0 Å². The second-order valence-electron chi connectivity index (χ2n) is 4.35. The average Bonchev–Trinajstić information content (AvgIpc) is 2.38. The van der Waals surface area contributed by atoms with Crippen LogP contribution in [0.3, 0.4) is 0 Å². The second kappa shape index (κ2) is 8.26. The largest absolute Gasteiger partial charge is 0.382 e. The van der Waals surface area contributed by atoms with E-state index in [0.717, 1.165) is 32.5 Å². The van der Waals surface area contributed by atoms with E-state index < -0.39 is 0 Å². The molecule has 0 saturated carbocycles. The van der Waals surface area contributed by atoms with Crippen molar-refractivity contribution in [1.29, 1.82) is 0 Å². The minimum atomic E-state index is 0.508. The fourth-order valence-electron chi connectivity index (χ4n) is 1.91. The molecule has 0 bridgehead atoms. The van der Waals surface area contributed by atoms with Gasteiger partial charge in [0.05, 0.1) is 0 Å². The SMILES string of the molecule is CCOCCC(Cc1ccc(CC)cc1)NC. The quantitative estimate of drug-likeness (QED) is 0.700. The molecule has 2 nitrogen and oxygen atoms in total. The van der Waals surface area contributed by atoms with E-state index in [1.807, 2.05) is 14.0 Å². The van der Waals surface area contributed by atoms with Crippen LogP contribution < -0.4 is 5.32 Å². The fourth-order valence-corrected chi connectivity index (χ4v) is 1.91. The van der Waals surface area contributed by atoms with Crippen LogP contribution in [0.1, 0.15) is 31.4 Å². The van der Waals surface area contributed by atoms with Gasteiger partial charge in [0.1, 0.15) is 0 Å². The number of nitrogens with one attached hydrogen (secondary N) is 1. The van der Waals surface area contributed by atoms with Gasteiger partial charge in [-0.15, -0.1) is 0 Å². The molecule has 1 N–H and O–H groups in total. The zero-order valence-electron chi connectivity index (χ0n) is 11.3. The van der Waals surface area contributed by atoms with E-state index in [9.17, 15) is 0 Å². The van der Waals surface area contributed by atoms with Gasteiger partial charge in [-0.3, -0.25) is 0 Å². The summed E-state index contributed by atoms with van der Waals surface area (Å²) >= 11 is 0. The first-order chi connectivity index (χ1) is 8.30. The van der Waals surface area contributed by atoms with Gasteiger partial charge in [0.25, 0.3) is 0 Å². The van der Waals surface area contributed by atoms with E-state index in [2.05, 4.69) is 36.5 Å². The lowest BCUT2D eigenvalue weighted by molar-refractivity contribution is 0.137. The molecular formula is C15H25NO. The topological polar surface area (TPSA) is 21.3 Å². The molecule has 0 heterocycles. The van der Waals surface area contributed by atoms with Crippen molar-refractivity contribution in [3.63, 3.8) is 0 Å². The molecule has 96 valence electrons. The molecule has 0 aromatic heterocycles. The van der Waals surface area contributed by atoms with Crippen LogP contribution >= 0.6 is 0 Å². The number of benzene rings is 1. The molecule has 0 amide bonds. The number of aryl methyl sites for hydroxylation is 1. The van der Waals surface area contributed by atoms with Crippen LogP contribution in [0.25, 0.3) is 0 Å². The summed E-state index contributed by atoms with van der Waals surface area (Å²) in [6, 6.07) is 9.44. The monoisotopic (exact) mass is 235 g/mol. The minimum absolute atomic E-state index is 0.508. The van der Waals surface area contributed by atoms with E-state index in [0.29, 0.717) is 6.04 Å². The second-order valence-corrected chi connectivity index (χ2v) is 4.35. The third kappa shape index (κ3) is 5.33. The summed E-state index contributed by atoms with van der Waals surface area (Å²) in [5.41, 5.74) is 2.81. The molecule has 0 aliphatic rings. The Morgan fingerprint density at radius 2 is 1.76 bits per heavy atom. The molecule has 17 heavy (non-hydrogen) atoms. The third-order valence-electron chi connectivity index (χ3n) is 3.14. The molecular weight excluding hydrogens is 210 g/mol. The predicted molar refractivity (Wildman–Crippen MR) is 73.5 cm³/mol. The Bertz CT molecular complexity index is 294. The lowest BCUT2D eigenvalue weighted by Gasteiger charge is -2.16. The molecule has 1 rings (SSSR count). The van der Waals surface area contributed by atoms with Crippen LogP contribution in [0.5, 0.6) is 0 Å².